The molecule has 4 heteroatoms. The molecule has 2 aliphatic rings. The number of esters is 2. The van der Waals surface area contributed by atoms with Crippen molar-refractivity contribution in [3.05, 3.63) is 35.9 Å². The van der Waals surface area contributed by atoms with E-state index in [0.29, 0.717) is 0 Å². The van der Waals surface area contributed by atoms with Gasteiger partial charge < -0.3 is 10.5 Å². The molecule has 0 spiro atoms. The van der Waals surface area contributed by atoms with E-state index in [2.05, 4.69) is 16.9 Å². The number of benzene rings is 1. The van der Waals surface area contributed by atoms with E-state index in [9.17, 15) is 9.59 Å². The minimum atomic E-state index is -0.319. The molecule has 4 nitrogen and oxygen atoms in total. The number of carbonyl (C=O) groups excluding carboxylic acids is 2. The molecule has 1 aromatic rings. The van der Waals surface area contributed by atoms with Crippen LogP contribution >= 0.6 is 0 Å². The zero-order valence-electron chi connectivity index (χ0n) is 9.46. The molecule has 17 heavy (non-hydrogen) atoms. The number of hydrogen-bond donors (Lipinski definition) is 1. The van der Waals surface area contributed by atoms with E-state index in [1.807, 2.05) is 18.2 Å². The third-order valence-electron chi connectivity index (χ3n) is 2.87. The van der Waals surface area contributed by atoms with Crippen LogP contribution in [0.2, 0.25) is 0 Å². The van der Waals surface area contributed by atoms with Crippen LogP contribution in [0.15, 0.2) is 30.3 Å². The predicted octanol–water partition coefficient (Wildman–Crippen LogP) is 0.894. The van der Waals surface area contributed by atoms with Crippen molar-refractivity contribution in [1.82, 2.24) is 0 Å². The smallest absolute Gasteiger partial charge is 0.317 e. The Morgan fingerprint density at radius 3 is 2.06 bits per heavy atom. The van der Waals surface area contributed by atoms with Gasteiger partial charge in [-0.2, -0.15) is 0 Å². The largest absolute Gasteiger partial charge is 0.393 e. The summed E-state index contributed by atoms with van der Waals surface area (Å²) in [7, 11) is 0. The van der Waals surface area contributed by atoms with Gasteiger partial charge in [-0.05, 0) is 24.9 Å². The fourth-order valence-electron chi connectivity index (χ4n) is 1.78. The number of hydrogen-bond acceptors (Lipinski definition) is 4. The highest BCUT2D eigenvalue weighted by atomic mass is 16.6. The fourth-order valence-corrected chi connectivity index (χ4v) is 1.78. The van der Waals surface area contributed by atoms with Gasteiger partial charge >= 0.3 is 11.9 Å². The second-order valence-electron chi connectivity index (χ2n) is 4.21. The van der Waals surface area contributed by atoms with Crippen molar-refractivity contribution >= 4 is 11.9 Å². The minimum absolute atomic E-state index is 0.0532. The number of rotatable bonds is 2. The summed E-state index contributed by atoms with van der Waals surface area (Å²) in [6.45, 7) is 0.740. The van der Waals surface area contributed by atoms with E-state index >= 15 is 0 Å². The summed E-state index contributed by atoms with van der Waals surface area (Å²) in [6.07, 6.45) is 1.72. The lowest BCUT2D eigenvalue weighted by molar-refractivity contribution is -0.155. The summed E-state index contributed by atoms with van der Waals surface area (Å²) in [5, 5.41) is 0. The van der Waals surface area contributed by atoms with Gasteiger partial charge in [0, 0.05) is 0 Å². The molecule has 90 valence electrons. The summed E-state index contributed by atoms with van der Waals surface area (Å²) in [6, 6.07) is 10.3. The maximum Gasteiger partial charge on any atom is 0.317 e. The molecule has 1 saturated carbocycles. The van der Waals surface area contributed by atoms with Crippen molar-refractivity contribution in [3.8, 4) is 0 Å². The number of fused-ring (bicyclic) bond motifs is 1. The summed E-state index contributed by atoms with van der Waals surface area (Å²) in [4.78, 5) is 20.8. The molecule has 0 bridgehead atoms. The van der Waals surface area contributed by atoms with E-state index < -0.39 is 0 Å². The van der Waals surface area contributed by atoms with Crippen molar-refractivity contribution in [2.75, 3.05) is 6.54 Å². The van der Waals surface area contributed by atoms with Crippen LogP contribution in [0, 0.1) is 11.8 Å². The third kappa shape index (κ3) is 2.91. The Kier molecular flexibility index (Phi) is 3.54. The Morgan fingerprint density at radius 1 is 1.12 bits per heavy atom. The molecule has 1 aliphatic carbocycles. The fraction of sp³-hybridized carbons (Fsp3) is 0.385. The van der Waals surface area contributed by atoms with Gasteiger partial charge in [-0.1, -0.05) is 30.3 Å². The van der Waals surface area contributed by atoms with E-state index in [1.54, 1.807) is 0 Å². The Hall–Kier alpha value is -1.68. The normalized spacial score (nSPS) is 24.5. The van der Waals surface area contributed by atoms with Gasteiger partial charge in [-0.25, -0.2) is 0 Å². The quantitative estimate of drug-likeness (QED) is 0.608. The van der Waals surface area contributed by atoms with Crippen LogP contribution in [0.3, 0.4) is 0 Å². The standard InChI is InChI=1S/C8H11N.C5H4O3/c9-7-6-8-4-2-1-3-5-8;6-4-2-1-3(2)5(7)8-4/h1-5H,6-7,9H2;2-3H,1H2. The summed E-state index contributed by atoms with van der Waals surface area (Å²) in [5.41, 5.74) is 6.68. The van der Waals surface area contributed by atoms with Crippen molar-refractivity contribution < 1.29 is 14.3 Å². The van der Waals surface area contributed by atoms with Gasteiger partial charge in [0.2, 0.25) is 0 Å². The molecule has 3 rings (SSSR count). The molecule has 0 amide bonds. The van der Waals surface area contributed by atoms with Crippen molar-refractivity contribution in [2.24, 2.45) is 17.6 Å². The second kappa shape index (κ2) is 5.10. The molecule has 1 heterocycles. The summed E-state index contributed by atoms with van der Waals surface area (Å²) >= 11 is 0. The highest BCUT2D eigenvalue weighted by Crippen LogP contribution is 2.45. The molecule has 2 unspecified atom stereocenters. The van der Waals surface area contributed by atoms with Gasteiger partial charge in [0.25, 0.3) is 0 Å². The van der Waals surface area contributed by atoms with Crippen LogP contribution in [0.1, 0.15) is 12.0 Å². The van der Waals surface area contributed by atoms with Crippen LogP contribution in [0.4, 0.5) is 0 Å². The Morgan fingerprint density at radius 2 is 1.71 bits per heavy atom. The Labute approximate surface area is 99.8 Å². The minimum Gasteiger partial charge on any atom is -0.393 e. The molecular weight excluding hydrogens is 218 g/mol. The third-order valence-corrected chi connectivity index (χ3v) is 2.87. The van der Waals surface area contributed by atoms with Crippen LogP contribution < -0.4 is 5.73 Å². The van der Waals surface area contributed by atoms with E-state index in [0.717, 1.165) is 19.4 Å². The Balaban J connectivity index is 0.000000127. The topological polar surface area (TPSA) is 69.4 Å². The monoisotopic (exact) mass is 233 g/mol. The van der Waals surface area contributed by atoms with E-state index in [4.69, 9.17) is 5.73 Å². The first-order chi connectivity index (χ1) is 8.22. The van der Waals surface area contributed by atoms with Gasteiger partial charge in [0.15, 0.2) is 0 Å². The molecule has 0 radical (unpaired) electrons. The average molecular weight is 233 g/mol. The first kappa shape index (κ1) is 11.8. The Bertz CT molecular complexity index is 398. The zero-order valence-corrected chi connectivity index (χ0v) is 9.46. The first-order valence-corrected chi connectivity index (χ1v) is 5.72. The maximum absolute atomic E-state index is 10.4. The van der Waals surface area contributed by atoms with Crippen molar-refractivity contribution in [2.45, 2.75) is 12.8 Å². The van der Waals surface area contributed by atoms with Gasteiger partial charge in [0.05, 0.1) is 11.8 Å². The molecule has 1 aliphatic heterocycles. The van der Waals surface area contributed by atoms with Gasteiger partial charge in [-0.15, -0.1) is 0 Å². The highest BCUT2D eigenvalue weighted by Gasteiger charge is 2.57. The van der Waals surface area contributed by atoms with E-state index in [-0.39, 0.29) is 23.8 Å². The van der Waals surface area contributed by atoms with Crippen LogP contribution in [0.25, 0.3) is 0 Å². The molecule has 1 saturated heterocycles. The van der Waals surface area contributed by atoms with Crippen molar-refractivity contribution in [3.63, 3.8) is 0 Å². The molecular formula is C13H15NO3. The molecule has 2 fully saturated rings. The molecule has 2 N–H and O–H groups in total. The lowest BCUT2D eigenvalue weighted by atomic mass is 10.2. The van der Waals surface area contributed by atoms with Crippen molar-refractivity contribution in [1.29, 1.82) is 0 Å². The number of nitrogens with two attached hydrogens (primary N) is 1. The highest BCUT2D eigenvalue weighted by molar-refractivity contribution is 6.00. The SMILES string of the molecule is NCCc1ccccc1.O=C1OC(=O)C2CC12. The molecule has 1 aromatic carbocycles. The van der Waals surface area contributed by atoms with Crippen LogP contribution in [0.5, 0.6) is 0 Å². The second-order valence-corrected chi connectivity index (χ2v) is 4.21. The first-order valence-electron chi connectivity index (χ1n) is 5.72. The molecule has 2 atom stereocenters. The summed E-state index contributed by atoms with van der Waals surface area (Å²) < 4.78 is 4.25. The van der Waals surface area contributed by atoms with Gasteiger partial charge in [0.1, 0.15) is 0 Å². The van der Waals surface area contributed by atoms with E-state index in [1.165, 1.54) is 5.56 Å². The molecule has 0 aromatic heterocycles. The average Bonchev–Trinajstić information content (AvgIpc) is 3.06. The summed E-state index contributed by atoms with van der Waals surface area (Å²) in [5.74, 6) is -0.745. The predicted molar refractivity (Wildman–Crippen MR) is 61.9 cm³/mol. The lowest BCUT2D eigenvalue weighted by Crippen LogP contribution is -2.03. The van der Waals surface area contributed by atoms with Gasteiger partial charge in [-0.3, -0.25) is 9.59 Å². The number of ether oxygens (including phenoxy) is 1. The maximum atomic E-state index is 10.4. The number of carbonyl (C=O) groups is 2. The zero-order chi connectivity index (χ0) is 12.3. The number of cyclic esters (lactones) is 2. The van der Waals surface area contributed by atoms with Crippen LogP contribution in [-0.2, 0) is 20.7 Å². The van der Waals surface area contributed by atoms with Crippen LogP contribution in [-0.4, -0.2) is 18.5 Å². The lowest BCUT2D eigenvalue weighted by Gasteiger charge is -1.93.